The van der Waals surface area contributed by atoms with Crippen LogP contribution in [-0.4, -0.2) is 16.3 Å². The van der Waals surface area contributed by atoms with Crippen LogP contribution < -0.4 is 4.74 Å². The van der Waals surface area contributed by atoms with E-state index in [1.54, 1.807) is 23.0 Å². The summed E-state index contributed by atoms with van der Waals surface area (Å²) in [4.78, 5) is 10.1. The van der Waals surface area contributed by atoms with E-state index in [9.17, 15) is 9.18 Å². The van der Waals surface area contributed by atoms with Crippen LogP contribution in [0.15, 0.2) is 36.7 Å². The molecule has 5 heteroatoms. The quantitative estimate of drug-likeness (QED) is 0.735. The molecule has 1 aromatic heterocycles. The first-order chi connectivity index (χ1) is 7.78. The van der Waals surface area contributed by atoms with Gasteiger partial charge >= 0.3 is 0 Å². The number of rotatable bonds is 4. The minimum absolute atomic E-state index is 0.269. The number of hydrogen-bond donors (Lipinski definition) is 0. The van der Waals surface area contributed by atoms with Gasteiger partial charge in [-0.05, 0) is 17.7 Å². The van der Waals surface area contributed by atoms with Crippen molar-refractivity contribution in [3.63, 3.8) is 0 Å². The van der Waals surface area contributed by atoms with Crippen molar-refractivity contribution in [3.05, 3.63) is 48.0 Å². The van der Waals surface area contributed by atoms with Crippen molar-refractivity contribution in [2.75, 3.05) is 0 Å². The average molecular weight is 220 g/mol. The van der Waals surface area contributed by atoms with E-state index in [1.807, 2.05) is 0 Å². The van der Waals surface area contributed by atoms with Gasteiger partial charge in [-0.3, -0.25) is 9.48 Å². The van der Waals surface area contributed by atoms with Crippen LogP contribution in [0.1, 0.15) is 5.56 Å². The maximum absolute atomic E-state index is 12.6. The highest BCUT2D eigenvalue weighted by Crippen LogP contribution is 2.10. The lowest BCUT2D eigenvalue weighted by atomic mass is 10.2. The fraction of sp³-hybridized carbons (Fsp3) is 0.0909. The van der Waals surface area contributed by atoms with Crippen LogP contribution in [0.3, 0.4) is 0 Å². The van der Waals surface area contributed by atoms with E-state index in [1.165, 1.54) is 18.3 Å². The van der Waals surface area contributed by atoms with Crippen LogP contribution in [0.5, 0.6) is 5.75 Å². The summed E-state index contributed by atoms with van der Waals surface area (Å²) < 4.78 is 18.9. The van der Waals surface area contributed by atoms with Gasteiger partial charge in [0.25, 0.3) is 6.47 Å². The van der Waals surface area contributed by atoms with Gasteiger partial charge in [0.05, 0.1) is 18.9 Å². The lowest BCUT2D eigenvalue weighted by molar-refractivity contribution is -0.120. The third-order valence-corrected chi connectivity index (χ3v) is 2.05. The molecule has 0 saturated carbocycles. The van der Waals surface area contributed by atoms with Crippen molar-refractivity contribution in [1.29, 1.82) is 0 Å². The molecule has 1 aromatic carbocycles. The Morgan fingerprint density at radius 3 is 2.81 bits per heavy atom. The number of nitrogens with zero attached hydrogens (tertiary/aromatic N) is 2. The Balaban J connectivity index is 2.08. The number of aromatic nitrogens is 2. The van der Waals surface area contributed by atoms with Gasteiger partial charge in [0.15, 0.2) is 5.75 Å². The van der Waals surface area contributed by atoms with E-state index in [4.69, 9.17) is 0 Å². The van der Waals surface area contributed by atoms with Gasteiger partial charge in [0, 0.05) is 0 Å². The fourth-order valence-electron chi connectivity index (χ4n) is 1.32. The highest BCUT2D eigenvalue weighted by Gasteiger charge is 2.00. The van der Waals surface area contributed by atoms with Crippen LogP contribution in [0.4, 0.5) is 4.39 Å². The Labute approximate surface area is 91.3 Å². The smallest absolute Gasteiger partial charge is 0.298 e. The molecule has 0 amide bonds. The Morgan fingerprint density at radius 2 is 2.12 bits per heavy atom. The van der Waals surface area contributed by atoms with Crippen LogP contribution in [0, 0.1) is 5.82 Å². The minimum atomic E-state index is -0.269. The third-order valence-electron chi connectivity index (χ3n) is 2.05. The molecule has 0 saturated heterocycles. The van der Waals surface area contributed by atoms with E-state index >= 15 is 0 Å². The predicted molar refractivity (Wildman–Crippen MR) is 54.4 cm³/mol. The lowest BCUT2D eigenvalue weighted by Gasteiger charge is -2.00. The molecule has 0 atom stereocenters. The highest BCUT2D eigenvalue weighted by atomic mass is 19.1. The maximum atomic E-state index is 12.6. The van der Waals surface area contributed by atoms with Gasteiger partial charge in [0.2, 0.25) is 0 Å². The zero-order chi connectivity index (χ0) is 11.4. The molecular weight excluding hydrogens is 211 g/mol. The van der Waals surface area contributed by atoms with Gasteiger partial charge in [-0.15, -0.1) is 0 Å². The maximum Gasteiger partial charge on any atom is 0.298 e. The van der Waals surface area contributed by atoms with Gasteiger partial charge in [-0.1, -0.05) is 12.1 Å². The average Bonchev–Trinajstić information content (AvgIpc) is 2.70. The molecule has 0 aliphatic rings. The van der Waals surface area contributed by atoms with Crippen molar-refractivity contribution in [1.82, 2.24) is 9.78 Å². The number of carbonyl (C=O) groups excluding carboxylic acids is 1. The van der Waals surface area contributed by atoms with Crippen molar-refractivity contribution >= 4 is 6.47 Å². The molecule has 0 spiro atoms. The second kappa shape index (κ2) is 4.57. The number of benzene rings is 1. The molecular formula is C11H9FN2O2. The largest absolute Gasteiger partial charge is 0.425 e. The van der Waals surface area contributed by atoms with E-state index in [2.05, 4.69) is 9.84 Å². The normalized spacial score (nSPS) is 10.1. The molecule has 0 radical (unpaired) electrons. The van der Waals surface area contributed by atoms with E-state index in [-0.39, 0.29) is 5.82 Å². The fourth-order valence-corrected chi connectivity index (χ4v) is 1.32. The topological polar surface area (TPSA) is 44.1 Å². The lowest BCUT2D eigenvalue weighted by Crippen LogP contribution is -1.99. The van der Waals surface area contributed by atoms with Gasteiger partial charge in [-0.2, -0.15) is 5.10 Å². The second-order valence-corrected chi connectivity index (χ2v) is 3.21. The summed E-state index contributed by atoms with van der Waals surface area (Å²) in [7, 11) is 0. The molecule has 16 heavy (non-hydrogen) atoms. The molecule has 0 aliphatic carbocycles. The monoisotopic (exact) mass is 220 g/mol. The first-order valence-corrected chi connectivity index (χ1v) is 4.65. The molecule has 2 rings (SSSR count). The van der Waals surface area contributed by atoms with Gasteiger partial charge < -0.3 is 4.74 Å². The number of hydrogen-bond acceptors (Lipinski definition) is 3. The first-order valence-electron chi connectivity index (χ1n) is 4.65. The molecule has 0 fully saturated rings. The van der Waals surface area contributed by atoms with Gasteiger partial charge in [0.1, 0.15) is 5.82 Å². The number of carbonyl (C=O) groups is 1. The third kappa shape index (κ3) is 2.44. The molecule has 4 nitrogen and oxygen atoms in total. The zero-order valence-corrected chi connectivity index (χ0v) is 8.34. The van der Waals surface area contributed by atoms with Crippen molar-refractivity contribution < 1.29 is 13.9 Å². The number of ether oxygens (including phenoxy) is 1. The van der Waals surface area contributed by atoms with E-state index < -0.39 is 0 Å². The summed E-state index contributed by atoms with van der Waals surface area (Å²) in [5.41, 5.74) is 0.919. The van der Waals surface area contributed by atoms with Crippen LogP contribution in [0.2, 0.25) is 0 Å². The Hall–Kier alpha value is -2.17. The summed E-state index contributed by atoms with van der Waals surface area (Å²) >= 11 is 0. The van der Waals surface area contributed by atoms with E-state index in [0.717, 1.165) is 5.56 Å². The van der Waals surface area contributed by atoms with Crippen LogP contribution in [-0.2, 0) is 11.3 Å². The van der Waals surface area contributed by atoms with Crippen molar-refractivity contribution in [2.24, 2.45) is 0 Å². The molecule has 0 aliphatic heterocycles. The summed E-state index contributed by atoms with van der Waals surface area (Å²) in [6, 6.07) is 6.14. The summed E-state index contributed by atoms with van der Waals surface area (Å²) in [6.07, 6.45) is 3.04. The number of halogens is 1. The molecule has 0 bridgehead atoms. The highest BCUT2D eigenvalue weighted by molar-refractivity contribution is 5.43. The first kappa shape index (κ1) is 10.4. The summed E-state index contributed by atoms with van der Waals surface area (Å²) in [5, 5.41) is 3.99. The van der Waals surface area contributed by atoms with Crippen LogP contribution in [0.25, 0.3) is 0 Å². The minimum Gasteiger partial charge on any atom is -0.425 e. The Kier molecular flexibility index (Phi) is 2.95. The molecule has 82 valence electrons. The van der Waals surface area contributed by atoms with Gasteiger partial charge in [-0.25, -0.2) is 4.39 Å². The molecule has 2 aromatic rings. The van der Waals surface area contributed by atoms with Crippen LogP contribution >= 0.6 is 0 Å². The Morgan fingerprint density at radius 1 is 1.38 bits per heavy atom. The molecule has 1 heterocycles. The Bertz CT molecular complexity index is 479. The van der Waals surface area contributed by atoms with Crippen molar-refractivity contribution in [2.45, 2.75) is 6.54 Å². The standard InChI is InChI=1S/C11H9FN2O2/c12-10-3-1-9(2-4-10)6-14-7-11(5-13-14)16-8-15/h1-5,7-8H,6H2. The SMILES string of the molecule is O=COc1cnn(Cc2ccc(F)cc2)c1. The summed E-state index contributed by atoms with van der Waals surface area (Å²) in [5.74, 6) is 0.117. The molecule has 0 N–H and O–H groups in total. The van der Waals surface area contributed by atoms with E-state index in [0.29, 0.717) is 18.8 Å². The zero-order valence-electron chi connectivity index (χ0n) is 8.34. The summed E-state index contributed by atoms with van der Waals surface area (Å²) in [6.45, 7) is 0.849. The predicted octanol–water partition coefficient (Wildman–Crippen LogP) is 1.61. The second-order valence-electron chi connectivity index (χ2n) is 3.21. The molecule has 0 unspecified atom stereocenters. The van der Waals surface area contributed by atoms with Crippen molar-refractivity contribution in [3.8, 4) is 5.75 Å².